The summed E-state index contributed by atoms with van der Waals surface area (Å²) in [4.78, 5) is 24.2. The van der Waals surface area contributed by atoms with Crippen LogP contribution in [0.4, 0.5) is 16.2 Å². The Morgan fingerprint density at radius 3 is 2.36 bits per heavy atom. The van der Waals surface area contributed by atoms with Gasteiger partial charge in [-0.05, 0) is 56.0 Å². The molecule has 0 spiro atoms. The molecule has 3 N–H and O–H groups in total. The van der Waals surface area contributed by atoms with Crippen LogP contribution in [0.5, 0.6) is 0 Å². The van der Waals surface area contributed by atoms with Crippen LogP contribution in [0.15, 0.2) is 54.6 Å². The van der Waals surface area contributed by atoms with Gasteiger partial charge >= 0.3 is 6.03 Å². The smallest absolute Gasteiger partial charge is 0.323 e. The summed E-state index contributed by atoms with van der Waals surface area (Å²) >= 11 is 0. The van der Waals surface area contributed by atoms with Crippen LogP contribution in [-0.2, 0) is 9.53 Å². The quantitative estimate of drug-likeness (QED) is 0.662. The summed E-state index contributed by atoms with van der Waals surface area (Å²) in [5.41, 5.74) is 2.41. The van der Waals surface area contributed by atoms with Crippen molar-refractivity contribution in [2.45, 2.75) is 44.8 Å². The zero-order valence-electron chi connectivity index (χ0n) is 16.1. The van der Waals surface area contributed by atoms with E-state index in [0.29, 0.717) is 12.1 Å². The van der Waals surface area contributed by atoms with Gasteiger partial charge in [-0.3, -0.25) is 4.79 Å². The van der Waals surface area contributed by atoms with E-state index in [1.165, 1.54) is 0 Å². The van der Waals surface area contributed by atoms with Gasteiger partial charge in [0.25, 0.3) is 0 Å². The topological polar surface area (TPSA) is 79.5 Å². The monoisotopic (exact) mass is 381 g/mol. The highest BCUT2D eigenvalue weighted by atomic mass is 16.5. The molecule has 0 saturated carbocycles. The zero-order valence-corrected chi connectivity index (χ0v) is 16.1. The first-order chi connectivity index (χ1) is 13.6. The number of hydrogen-bond acceptors (Lipinski definition) is 3. The molecule has 2 aromatic rings. The molecular formula is C22H27N3O3. The van der Waals surface area contributed by atoms with Crippen LogP contribution >= 0.6 is 0 Å². The lowest BCUT2D eigenvalue weighted by Gasteiger charge is -2.16. The van der Waals surface area contributed by atoms with Gasteiger partial charge in [0.1, 0.15) is 0 Å². The van der Waals surface area contributed by atoms with E-state index in [0.717, 1.165) is 37.1 Å². The molecule has 6 heteroatoms. The molecule has 3 rings (SSSR count). The van der Waals surface area contributed by atoms with E-state index in [2.05, 4.69) is 16.0 Å². The van der Waals surface area contributed by atoms with Crippen LogP contribution in [0.3, 0.4) is 0 Å². The molecule has 28 heavy (non-hydrogen) atoms. The van der Waals surface area contributed by atoms with Gasteiger partial charge in [0.15, 0.2) is 0 Å². The molecule has 1 fully saturated rings. The fraction of sp³-hybridized carbons (Fsp3) is 0.364. The Kier molecular flexibility index (Phi) is 7.03. The van der Waals surface area contributed by atoms with Crippen molar-refractivity contribution in [3.05, 3.63) is 60.2 Å². The van der Waals surface area contributed by atoms with Gasteiger partial charge in [0.2, 0.25) is 5.91 Å². The number of hydrogen-bond donors (Lipinski definition) is 3. The second kappa shape index (κ2) is 9.90. The summed E-state index contributed by atoms with van der Waals surface area (Å²) in [6.45, 7) is 2.76. The Balaban J connectivity index is 1.44. The fourth-order valence-corrected chi connectivity index (χ4v) is 3.23. The van der Waals surface area contributed by atoms with Crippen molar-refractivity contribution in [2.75, 3.05) is 17.2 Å². The van der Waals surface area contributed by atoms with E-state index < -0.39 is 0 Å². The molecule has 2 aromatic carbocycles. The second-order valence-corrected chi connectivity index (χ2v) is 7.03. The van der Waals surface area contributed by atoms with E-state index in [1.807, 2.05) is 61.5 Å². The minimum absolute atomic E-state index is 0.0347. The van der Waals surface area contributed by atoms with Crippen molar-refractivity contribution in [2.24, 2.45) is 0 Å². The number of nitrogens with one attached hydrogen (secondary N) is 3. The first-order valence-electron chi connectivity index (χ1n) is 9.74. The Morgan fingerprint density at radius 2 is 1.71 bits per heavy atom. The molecule has 148 valence electrons. The van der Waals surface area contributed by atoms with Gasteiger partial charge in [-0.25, -0.2) is 4.79 Å². The Morgan fingerprint density at radius 1 is 1.04 bits per heavy atom. The molecule has 3 amide bonds. The van der Waals surface area contributed by atoms with Crippen molar-refractivity contribution in [1.82, 2.24) is 5.32 Å². The van der Waals surface area contributed by atoms with Crippen LogP contribution in [0, 0.1) is 0 Å². The molecule has 0 bridgehead atoms. The standard InChI is InChI=1S/C22H27N3O3/c1-16(23-21(26)14-13-20-8-5-15-28-20)17-9-11-19(12-10-17)25-22(27)24-18-6-3-2-4-7-18/h2-4,6-7,9-12,16,20H,5,8,13-15H2,1H3,(H,23,26)(H2,24,25,27). The summed E-state index contributed by atoms with van der Waals surface area (Å²) in [6, 6.07) is 16.3. The Hall–Kier alpha value is -2.86. The van der Waals surface area contributed by atoms with Crippen LogP contribution in [0.25, 0.3) is 0 Å². The predicted octanol–water partition coefficient (Wildman–Crippen LogP) is 4.47. The first-order valence-corrected chi connectivity index (χ1v) is 9.74. The molecule has 2 unspecified atom stereocenters. The maximum absolute atomic E-state index is 12.1. The third kappa shape index (κ3) is 6.09. The molecule has 0 aromatic heterocycles. The van der Waals surface area contributed by atoms with Gasteiger partial charge in [-0.2, -0.15) is 0 Å². The normalized spacial score (nSPS) is 17.0. The average Bonchev–Trinajstić information content (AvgIpc) is 3.21. The van der Waals surface area contributed by atoms with Crippen LogP contribution < -0.4 is 16.0 Å². The molecule has 2 atom stereocenters. The number of urea groups is 1. The largest absolute Gasteiger partial charge is 0.378 e. The van der Waals surface area contributed by atoms with Crippen LogP contribution in [-0.4, -0.2) is 24.6 Å². The fourth-order valence-electron chi connectivity index (χ4n) is 3.23. The van der Waals surface area contributed by atoms with Crippen LogP contribution in [0.2, 0.25) is 0 Å². The van der Waals surface area contributed by atoms with E-state index >= 15 is 0 Å². The number of anilines is 2. The highest BCUT2D eigenvalue weighted by Gasteiger charge is 2.17. The SMILES string of the molecule is CC(NC(=O)CCC1CCCO1)c1ccc(NC(=O)Nc2ccccc2)cc1. The molecule has 0 aliphatic carbocycles. The van der Waals surface area contributed by atoms with E-state index in [1.54, 1.807) is 0 Å². The maximum Gasteiger partial charge on any atom is 0.323 e. The summed E-state index contributed by atoms with van der Waals surface area (Å²) in [5.74, 6) is 0.0347. The minimum Gasteiger partial charge on any atom is -0.378 e. The molecule has 1 heterocycles. The van der Waals surface area contributed by atoms with Crippen molar-refractivity contribution >= 4 is 23.3 Å². The summed E-state index contributed by atoms with van der Waals surface area (Å²) < 4.78 is 5.56. The van der Waals surface area contributed by atoms with E-state index in [4.69, 9.17) is 4.74 Å². The minimum atomic E-state index is -0.297. The number of rotatable bonds is 7. The lowest BCUT2D eigenvalue weighted by atomic mass is 10.1. The van der Waals surface area contributed by atoms with Crippen molar-refractivity contribution < 1.29 is 14.3 Å². The Labute approximate surface area is 165 Å². The summed E-state index contributed by atoms with van der Waals surface area (Å²) in [5, 5.41) is 8.59. The van der Waals surface area contributed by atoms with Crippen molar-refractivity contribution in [1.29, 1.82) is 0 Å². The molecular weight excluding hydrogens is 354 g/mol. The lowest BCUT2D eigenvalue weighted by Crippen LogP contribution is -2.27. The van der Waals surface area contributed by atoms with Crippen molar-refractivity contribution in [3.8, 4) is 0 Å². The van der Waals surface area contributed by atoms with E-state index in [-0.39, 0.29) is 24.1 Å². The second-order valence-electron chi connectivity index (χ2n) is 7.03. The van der Waals surface area contributed by atoms with Gasteiger partial charge < -0.3 is 20.7 Å². The first kappa shape index (κ1) is 19.9. The average molecular weight is 381 g/mol. The third-order valence-electron chi connectivity index (χ3n) is 4.80. The van der Waals surface area contributed by atoms with Gasteiger partial charge in [0.05, 0.1) is 12.1 Å². The zero-order chi connectivity index (χ0) is 19.8. The number of ether oxygens (including phenoxy) is 1. The lowest BCUT2D eigenvalue weighted by molar-refractivity contribution is -0.122. The number of carbonyl (C=O) groups is 2. The van der Waals surface area contributed by atoms with Crippen molar-refractivity contribution in [3.63, 3.8) is 0 Å². The maximum atomic E-state index is 12.1. The molecule has 6 nitrogen and oxygen atoms in total. The molecule has 0 radical (unpaired) electrons. The highest BCUT2D eigenvalue weighted by molar-refractivity contribution is 5.99. The number of para-hydroxylation sites is 1. The van der Waals surface area contributed by atoms with Gasteiger partial charge in [-0.15, -0.1) is 0 Å². The summed E-state index contributed by atoms with van der Waals surface area (Å²) in [7, 11) is 0. The Bertz CT molecular complexity index is 771. The molecule has 1 aliphatic rings. The molecule has 1 aliphatic heterocycles. The predicted molar refractivity (Wildman–Crippen MR) is 110 cm³/mol. The van der Waals surface area contributed by atoms with E-state index in [9.17, 15) is 9.59 Å². The third-order valence-corrected chi connectivity index (χ3v) is 4.80. The van der Waals surface area contributed by atoms with Gasteiger partial charge in [0, 0.05) is 24.4 Å². The number of carbonyl (C=O) groups excluding carboxylic acids is 2. The van der Waals surface area contributed by atoms with Gasteiger partial charge in [-0.1, -0.05) is 30.3 Å². The number of benzene rings is 2. The summed E-state index contributed by atoms with van der Waals surface area (Å²) in [6.07, 6.45) is 3.63. The molecule has 1 saturated heterocycles. The number of amides is 3. The van der Waals surface area contributed by atoms with Crippen LogP contribution in [0.1, 0.15) is 44.2 Å². The highest BCUT2D eigenvalue weighted by Crippen LogP contribution is 2.19.